The molecule has 0 bridgehead atoms. The lowest BCUT2D eigenvalue weighted by atomic mass is 9.99. The Hall–Kier alpha value is -1.18. The van der Waals surface area contributed by atoms with Gasteiger partial charge in [-0.15, -0.1) is 0 Å². The summed E-state index contributed by atoms with van der Waals surface area (Å²) in [5, 5.41) is 4.68. The summed E-state index contributed by atoms with van der Waals surface area (Å²) in [7, 11) is -4.12. The monoisotopic (exact) mass is 334 g/mol. The number of benzene rings is 1. The maximum atomic E-state index is 14.0. The van der Waals surface area contributed by atoms with Crippen LogP contribution >= 0.6 is 11.6 Å². The first kappa shape index (κ1) is 16.2. The molecule has 1 aliphatic heterocycles. The molecule has 1 saturated heterocycles. The van der Waals surface area contributed by atoms with Crippen LogP contribution in [0.25, 0.3) is 0 Å². The van der Waals surface area contributed by atoms with E-state index in [0.29, 0.717) is 19.0 Å². The number of nitrogens with two attached hydrogens (primary N) is 1. The summed E-state index contributed by atoms with van der Waals surface area (Å²) in [6, 6.07) is 1.72. The molecule has 1 atom stereocenters. The van der Waals surface area contributed by atoms with Crippen molar-refractivity contribution in [2.75, 3.05) is 13.1 Å². The quantitative estimate of drug-likeness (QED) is 0.898. The fourth-order valence-electron chi connectivity index (χ4n) is 2.46. The SMILES string of the molecule is CC1CCCN(C(=O)c2cc(S(N)(=O)=O)c(Cl)cc2F)C1. The molecule has 0 aromatic heterocycles. The molecule has 8 heteroatoms. The second-order valence-corrected chi connectivity index (χ2v) is 7.24. The summed E-state index contributed by atoms with van der Waals surface area (Å²) in [6.07, 6.45) is 1.85. The molecule has 2 rings (SSSR count). The summed E-state index contributed by atoms with van der Waals surface area (Å²) in [4.78, 5) is 13.4. The number of rotatable bonds is 2. The Bertz CT molecular complexity index is 678. The number of carbonyl (C=O) groups excluding carboxylic acids is 1. The summed E-state index contributed by atoms with van der Waals surface area (Å²) < 4.78 is 36.8. The van der Waals surface area contributed by atoms with Crippen molar-refractivity contribution in [2.45, 2.75) is 24.7 Å². The topological polar surface area (TPSA) is 80.5 Å². The molecular weight excluding hydrogens is 319 g/mol. The van der Waals surface area contributed by atoms with Crippen molar-refractivity contribution < 1.29 is 17.6 Å². The third-order valence-corrected chi connectivity index (χ3v) is 4.88. The molecule has 1 aromatic carbocycles. The fraction of sp³-hybridized carbons (Fsp3) is 0.462. The van der Waals surface area contributed by atoms with Gasteiger partial charge < -0.3 is 4.90 Å². The molecule has 0 spiro atoms. The third-order valence-electron chi connectivity index (χ3n) is 3.50. The van der Waals surface area contributed by atoms with E-state index < -0.39 is 26.6 Å². The van der Waals surface area contributed by atoms with Gasteiger partial charge in [-0.25, -0.2) is 17.9 Å². The predicted octanol–water partition coefficient (Wildman–Crippen LogP) is 2.00. The Labute approximate surface area is 127 Å². The molecule has 1 fully saturated rings. The molecule has 1 heterocycles. The minimum Gasteiger partial charge on any atom is -0.338 e. The van der Waals surface area contributed by atoms with E-state index in [1.54, 1.807) is 0 Å². The summed E-state index contributed by atoms with van der Waals surface area (Å²) in [6.45, 7) is 3.05. The maximum Gasteiger partial charge on any atom is 0.256 e. The van der Waals surface area contributed by atoms with Crippen LogP contribution in [0.5, 0.6) is 0 Å². The normalized spacial score (nSPS) is 19.6. The van der Waals surface area contributed by atoms with Crippen LogP contribution in [-0.2, 0) is 10.0 Å². The standard InChI is InChI=1S/C13H16ClFN2O3S/c1-8-3-2-4-17(7-8)13(18)9-5-12(21(16,19)20)10(14)6-11(9)15/h5-6,8H,2-4,7H2,1H3,(H2,16,19,20). The molecule has 0 radical (unpaired) electrons. The van der Waals surface area contributed by atoms with E-state index in [1.165, 1.54) is 4.90 Å². The van der Waals surface area contributed by atoms with Crippen LogP contribution in [0.3, 0.4) is 0 Å². The molecule has 2 N–H and O–H groups in total. The predicted molar refractivity (Wildman–Crippen MR) is 77.1 cm³/mol. The minimum absolute atomic E-state index is 0.322. The van der Waals surface area contributed by atoms with Gasteiger partial charge in [-0.2, -0.15) is 0 Å². The van der Waals surface area contributed by atoms with Gasteiger partial charge in [0.2, 0.25) is 10.0 Å². The first-order valence-corrected chi connectivity index (χ1v) is 8.43. The number of nitrogens with zero attached hydrogens (tertiary/aromatic N) is 1. The van der Waals surface area contributed by atoms with Crippen molar-refractivity contribution in [2.24, 2.45) is 11.1 Å². The molecule has 21 heavy (non-hydrogen) atoms. The average molecular weight is 335 g/mol. The first-order valence-electron chi connectivity index (χ1n) is 6.51. The lowest BCUT2D eigenvalue weighted by Crippen LogP contribution is -2.39. The van der Waals surface area contributed by atoms with Gasteiger partial charge in [-0.1, -0.05) is 18.5 Å². The molecule has 5 nitrogen and oxygen atoms in total. The summed E-state index contributed by atoms with van der Waals surface area (Å²) in [5.74, 6) is -1.06. The van der Waals surface area contributed by atoms with Gasteiger partial charge >= 0.3 is 0 Å². The highest BCUT2D eigenvalue weighted by atomic mass is 35.5. The zero-order valence-electron chi connectivity index (χ0n) is 11.5. The number of hydrogen-bond acceptors (Lipinski definition) is 3. The summed E-state index contributed by atoms with van der Waals surface area (Å²) >= 11 is 5.68. The van der Waals surface area contributed by atoms with Crippen molar-refractivity contribution in [3.8, 4) is 0 Å². The van der Waals surface area contributed by atoms with Gasteiger partial charge in [0.15, 0.2) is 0 Å². The van der Waals surface area contributed by atoms with Gasteiger partial charge in [0.1, 0.15) is 10.7 Å². The van der Waals surface area contributed by atoms with Gasteiger partial charge in [-0.05, 0) is 30.9 Å². The Morgan fingerprint density at radius 3 is 2.71 bits per heavy atom. The van der Waals surface area contributed by atoms with Crippen molar-refractivity contribution in [1.29, 1.82) is 0 Å². The van der Waals surface area contributed by atoms with Gasteiger partial charge in [-0.3, -0.25) is 4.79 Å². The number of piperidine rings is 1. The minimum atomic E-state index is -4.12. The van der Waals surface area contributed by atoms with E-state index >= 15 is 0 Å². The van der Waals surface area contributed by atoms with Crippen molar-refractivity contribution >= 4 is 27.5 Å². The zero-order chi connectivity index (χ0) is 15.8. The smallest absolute Gasteiger partial charge is 0.256 e. The van der Waals surface area contributed by atoms with Crippen LogP contribution in [-0.4, -0.2) is 32.3 Å². The van der Waals surface area contributed by atoms with Crippen molar-refractivity contribution in [3.63, 3.8) is 0 Å². The Morgan fingerprint density at radius 2 is 2.14 bits per heavy atom. The van der Waals surface area contributed by atoms with Gasteiger partial charge in [0.25, 0.3) is 5.91 Å². The second kappa shape index (κ2) is 5.90. The highest BCUT2D eigenvalue weighted by Gasteiger charge is 2.26. The van der Waals surface area contributed by atoms with Gasteiger partial charge in [0.05, 0.1) is 10.6 Å². The van der Waals surface area contributed by atoms with Crippen LogP contribution in [0.2, 0.25) is 5.02 Å². The average Bonchev–Trinajstić information content (AvgIpc) is 2.36. The highest BCUT2D eigenvalue weighted by molar-refractivity contribution is 7.89. The lowest BCUT2D eigenvalue weighted by molar-refractivity contribution is 0.0678. The molecular formula is C13H16ClFN2O3S. The van der Waals surface area contributed by atoms with E-state index in [9.17, 15) is 17.6 Å². The maximum absolute atomic E-state index is 14.0. The number of likely N-dealkylation sites (tertiary alicyclic amines) is 1. The number of hydrogen-bond donors (Lipinski definition) is 1. The Balaban J connectivity index is 2.41. The fourth-order valence-corrected chi connectivity index (χ4v) is 3.54. The largest absolute Gasteiger partial charge is 0.338 e. The molecule has 1 unspecified atom stereocenters. The van der Waals surface area contributed by atoms with Crippen LogP contribution in [0.4, 0.5) is 4.39 Å². The zero-order valence-corrected chi connectivity index (χ0v) is 13.0. The first-order chi connectivity index (χ1) is 9.70. The van der Waals surface area contributed by atoms with Crippen LogP contribution in [0.15, 0.2) is 17.0 Å². The molecule has 1 aliphatic rings. The van der Waals surface area contributed by atoms with Crippen LogP contribution in [0.1, 0.15) is 30.1 Å². The number of amides is 1. The number of primary sulfonamides is 1. The van der Waals surface area contributed by atoms with E-state index in [1.807, 2.05) is 6.92 Å². The third kappa shape index (κ3) is 3.53. The number of carbonyl (C=O) groups is 1. The lowest BCUT2D eigenvalue weighted by Gasteiger charge is -2.31. The number of sulfonamides is 1. The van der Waals surface area contributed by atoms with E-state index in [0.717, 1.165) is 25.0 Å². The van der Waals surface area contributed by atoms with Gasteiger partial charge in [0, 0.05) is 13.1 Å². The Morgan fingerprint density at radius 1 is 1.48 bits per heavy atom. The highest BCUT2D eigenvalue weighted by Crippen LogP contribution is 2.26. The molecule has 1 amide bonds. The molecule has 1 aromatic rings. The van der Waals surface area contributed by atoms with E-state index in [-0.39, 0.29) is 10.6 Å². The van der Waals surface area contributed by atoms with Crippen LogP contribution in [0, 0.1) is 11.7 Å². The summed E-state index contributed by atoms with van der Waals surface area (Å²) in [5.41, 5.74) is -0.322. The molecule has 116 valence electrons. The Kier molecular flexibility index (Phi) is 4.55. The van der Waals surface area contributed by atoms with Crippen LogP contribution < -0.4 is 5.14 Å². The van der Waals surface area contributed by atoms with Crippen molar-refractivity contribution in [1.82, 2.24) is 4.90 Å². The second-order valence-electron chi connectivity index (χ2n) is 5.31. The number of halogens is 2. The van der Waals surface area contributed by atoms with E-state index in [2.05, 4.69) is 0 Å². The van der Waals surface area contributed by atoms with E-state index in [4.69, 9.17) is 16.7 Å². The molecule has 0 saturated carbocycles. The van der Waals surface area contributed by atoms with Crippen molar-refractivity contribution in [3.05, 3.63) is 28.5 Å². The molecule has 0 aliphatic carbocycles.